The zero-order chi connectivity index (χ0) is 15.4. The maximum atomic E-state index is 10.0. The Morgan fingerprint density at radius 3 is 3.05 bits per heavy atom. The van der Waals surface area contributed by atoms with E-state index in [0.29, 0.717) is 12.6 Å². The Balaban J connectivity index is 1.41. The van der Waals surface area contributed by atoms with Crippen molar-refractivity contribution in [3.63, 3.8) is 0 Å². The summed E-state index contributed by atoms with van der Waals surface area (Å²) in [6, 6.07) is 9.86. The molecular formula is C16H22N4O2. The minimum Gasteiger partial charge on any atom is -0.491 e. The van der Waals surface area contributed by atoms with Gasteiger partial charge in [0, 0.05) is 19.0 Å². The van der Waals surface area contributed by atoms with Crippen LogP contribution in [0, 0.1) is 6.92 Å². The Kier molecular flexibility index (Phi) is 4.70. The molecule has 22 heavy (non-hydrogen) atoms. The molecule has 3 rings (SSSR count). The first kappa shape index (κ1) is 15.0. The molecule has 1 aromatic carbocycles. The van der Waals surface area contributed by atoms with Crippen LogP contribution < -0.4 is 10.1 Å². The van der Waals surface area contributed by atoms with Crippen LogP contribution in [0.25, 0.3) is 0 Å². The zero-order valence-electron chi connectivity index (χ0n) is 12.8. The SMILES string of the molecule is Cc1nc2n(n1)C[C@@H](NC[C@H](O)COc1ccccc1)CC2. The summed E-state index contributed by atoms with van der Waals surface area (Å²) in [5.74, 6) is 2.66. The van der Waals surface area contributed by atoms with E-state index in [9.17, 15) is 5.11 Å². The fourth-order valence-corrected chi connectivity index (χ4v) is 2.67. The van der Waals surface area contributed by atoms with Crippen molar-refractivity contribution >= 4 is 0 Å². The highest BCUT2D eigenvalue weighted by molar-refractivity contribution is 5.20. The van der Waals surface area contributed by atoms with E-state index < -0.39 is 6.10 Å². The normalized spacial score (nSPS) is 18.7. The van der Waals surface area contributed by atoms with Gasteiger partial charge in [-0.1, -0.05) is 18.2 Å². The predicted molar refractivity (Wildman–Crippen MR) is 82.8 cm³/mol. The minimum absolute atomic E-state index is 0.289. The van der Waals surface area contributed by atoms with Gasteiger partial charge in [-0.05, 0) is 25.5 Å². The molecule has 2 heterocycles. The van der Waals surface area contributed by atoms with E-state index in [1.54, 1.807) is 0 Å². The minimum atomic E-state index is -0.529. The highest BCUT2D eigenvalue weighted by atomic mass is 16.5. The first-order chi connectivity index (χ1) is 10.7. The van der Waals surface area contributed by atoms with Crippen LogP contribution >= 0.6 is 0 Å². The van der Waals surface area contributed by atoms with Crippen LogP contribution in [0.4, 0.5) is 0 Å². The molecule has 118 valence electrons. The van der Waals surface area contributed by atoms with Crippen molar-refractivity contribution in [2.45, 2.75) is 38.5 Å². The van der Waals surface area contributed by atoms with Crippen molar-refractivity contribution in [1.82, 2.24) is 20.1 Å². The average molecular weight is 302 g/mol. The number of benzene rings is 1. The molecule has 1 aliphatic heterocycles. The summed E-state index contributed by atoms with van der Waals surface area (Å²) in [4.78, 5) is 4.40. The number of para-hydroxylation sites is 1. The average Bonchev–Trinajstić information content (AvgIpc) is 2.91. The van der Waals surface area contributed by atoms with Gasteiger partial charge >= 0.3 is 0 Å². The molecular weight excluding hydrogens is 280 g/mol. The second kappa shape index (κ2) is 6.89. The van der Waals surface area contributed by atoms with Crippen LogP contribution in [-0.4, -0.2) is 45.2 Å². The summed E-state index contributed by atoms with van der Waals surface area (Å²) in [6.07, 6.45) is 1.42. The van der Waals surface area contributed by atoms with Gasteiger partial charge in [0.05, 0.1) is 6.54 Å². The number of aryl methyl sites for hydroxylation is 2. The fourth-order valence-electron chi connectivity index (χ4n) is 2.67. The number of hydrogen-bond donors (Lipinski definition) is 2. The number of ether oxygens (including phenoxy) is 1. The molecule has 2 aromatic rings. The summed E-state index contributed by atoms with van der Waals surface area (Å²) < 4.78 is 7.51. The van der Waals surface area contributed by atoms with Gasteiger partial charge in [0.1, 0.15) is 30.1 Å². The van der Waals surface area contributed by atoms with Crippen molar-refractivity contribution in [1.29, 1.82) is 0 Å². The molecule has 2 atom stereocenters. The summed E-state index contributed by atoms with van der Waals surface area (Å²) in [6.45, 7) is 3.53. The smallest absolute Gasteiger partial charge is 0.147 e. The predicted octanol–water partition coefficient (Wildman–Crippen LogP) is 0.931. The molecule has 0 bridgehead atoms. The summed E-state index contributed by atoms with van der Waals surface area (Å²) in [7, 11) is 0. The molecule has 0 spiro atoms. The number of nitrogens with one attached hydrogen (secondary N) is 1. The second-order valence-electron chi connectivity index (χ2n) is 5.68. The van der Waals surface area contributed by atoms with E-state index in [4.69, 9.17) is 4.74 Å². The molecule has 0 saturated carbocycles. The lowest BCUT2D eigenvalue weighted by atomic mass is 10.1. The molecule has 6 heteroatoms. The quantitative estimate of drug-likeness (QED) is 0.830. The molecule has 0 fully saturated rings. The van der Waals surface area contributed by atoms with Crippen LogP contribution in [-0.2, 0) is 13.0 Å². The third-order valence-electron chi connectivity index (χ3n) is 3.79. The van der Waals surface area contributed by atoms with Gasteiger partial charge in [-0.15, -0.1) is 0 Å². The highest BCUT2D eigenvalue weighted by Crippen LogP contribution is 2.13. The lowest BCUT2D eigenvalue weighted by Gasteiger charge is -2.24. The summed E-state index contributed by atoms with van der Waals surface area (Å²) >= 11 is 0. The number of fused-ring (bicyclic) bond motifs is 1. The molecule has 6 nitrogen and oxygen atoms in total. The summed E-state index contributed by atoms with van der Waals surface area (Å²) in [5, 5.41) is 17.8. The number of nitrogens with zero attached hydrogens (tertiary/aromatic N) is 3. The number of rotatable bonds is 6. The molecule has 0 saturated heterocycles. The molecule has 0 aliphatic carbocycles. The summed E-state index contributed by atoms with van der Waals surface area (Å²) in [5.41, 5.74) is 0. The van der Waals surface area contributed by atoms with Crippen LogP contribution in [0.5, 0.6) is 5.75 Å². The first-order valence-electron chi connectivity index (χ1n) is 7.70. The van der Waals surface area contributed by atoms with Gasteiger partial charge in [-0.25, -0.2) is 9.67 Å². The second-order valence-corrected chi connectivity index (χ2v) is 5.68. The van der Waals surface area contributed by atoms with Crippen LogP contribution in [0.3, 0.4) is 0 Å². The van der Waals surface area contributed by atoms with Crippen molar-refractivity contribution < 1.29 is 9.84 Å². The van der Waals surface area contributed by atoms with E-state index in [-0.39, 0.29) is 6.61 Å². The van der Waals surface area contributed by atoms with E-state index in [0.717, 1.165) is 36.8 Å². The Hall–Kier alpha value is -1.92. The number of aliphatic hydroxyl groups excluding tert-OH is 1. The Morgan fingerprint density at radius 1 is 1.41 bits per heavy atom. The monoisotopic (exact) mass is 302 g/mol. The van der Waals surface area contributed by atoms with Gasteiger partial charge in [-0.2, -0.15) is 5.10 Å². The molecule has 0 unspecified atom stereocenters. The zero-order valence-corrected chi connectivity index (χ0v) is 12.8. The van der Waals surface area contributed by atoms with Crippen LogP contribution in [0.2, 0.25) is 0 Å². The van der Waals surface area contributed by atoms with Crippen molar-refractivity contribution in [3.8, 4) is 5.75 Å². The van der Waals surface area contributed by atoms with E-state index in [2.05, 4.69) is 15.4 Å². The van der Waals surface area contributed by atoms with Gasteiger partial charge < -0.3 is 15.2 Å². The van der Waals surface area contributed by atoms with Crippen molar-refractivity contribution in [2.75, 3.05) is 13.2 Å². The lowest BCUT2D eigenvalue weighted by molar-refractivity contribution is 0.101. The van der Waals surface area contributed by atoms with E-state index in [1.165, 1.54) is 0 Å². The molecule has 0 amide bonds. The third-order valence-corrected chi connectivity index (χ3v) is 3.79. The first-order valence-corrected chi connectivity index (χ1v) is 7.70. The van der Waals surface area contributed by atoms with Crippen LogP contribution in [0.1, 0.15) is 18.1 Å². The topological polar surface area (TPSA) is 72.2 Å². The van der Waals surface area contributed by atoms with Gasteiger partial charge in [0.2, 0.25) is 0 Å². The maximum absolute atomic E-state index is 10.0. The number of hydrogen-bond acceptors (Lipinski definition) is 5. The fraction of sp³-hybridized carbons (Fsp3) is 0.500. The van der Waals surface area contributed by atoms with E-state index in [1.807, 2.05) is 41.9 Å². The number of aliphatic hydroxyl groups is 1. The van der Waals surface area contributed by atoms with Crippen LogP contribution in [0.15, 0.2) is 30.3 Å². The van der Waals surface area contributed by atoms with Gasteiger partial charge in [0.15, 0.2) is 0 Å². The molecule has 0 radical (unpaired) electrons. The Labute approximate surface area is 130 Å². The number of aromatic nitrogens is 3. The Morgan fingerprint density at radius 2 is 2.23 bits per heavy atom. The standard InChI is InChI=1S/C16H22N4O2/c1-12-18-16-8-7-13(10-20(16)19-12)17-9-14(21)11-22-15-5-3-2-4-6-15/h2-6,13-14,17,21H,7-11H2,1H3/t13-,14-/m0/s1. The lowest BCUT2D eigenvalue weighted by Crippen LogP contribution is -2.42. The highest BCUT2D eigenvalue weighted by Gasteiger charge is 2.21. The third kappa shape index (κ3) is 3.84. The van der Waals surface area contributed by atoms with Crippen molar-refractivity contribution in [3.05, 3.63) is 42.0 Å². The molecule has 2 N–H and O–H groups in total. The van der Waals surface area contributed by atoms with Gasteiger partial charge in [0.25, 0.3) is 0 Å². The molecule has 1 aliphatic rings. The Bertz CT molecular complexity index is 599. The molecule has 1 aromatic heterocycles. The van der Waals surface area contributed by atoms with Crippen molar-refractivity contribution in [2.24, 2.45) is 0 Å². The maximum Gasteiger partial charge on any atom is 0.147 e. The van der Waals surface area contributed by atoms with E-state index >= 15 is 0 Å². The van der Waals surface area contributed by atoms with Gasteiger partial charge in [-0.3, -0.25) is 0 Å². The largest absolute Gasteiger partial charge is 0.491 e.